The molecule has 0 aromatic rings. The summed E-state index contributed by atoms with van der Waals surface area (Å²) in [7, 11) is 0. The maximum Gasteiger partial charge on any atom is 0.234 e. The number of hydrogen-bond donors (Lipinski definition) is 2. The molecule has 4 heteroatoms. The van der Waals surface area contributed by atoms with Crippen molar-refractivity contribution < 1.29 is 4.79 Å². The van der Waals surface area contributed by atoms with E-state index >= 15 is 0 Å². The van der Waals surface area contributed by atoms with E-state index in [0.29, 0.717) is 24.5 Å². The third-order valence-electron chi connectivity index (χ3n) is 4.49. The Morgan fingerprint density at radius 2 is 2.00 bits per heavy atom. The molecular formula is C15H31N3O. The van der Waals surface area contributed by atoms with E-state index in [2.05, 4.69) is 31.0 Å². The van der Waals surface area contributed by atoms with E-state index in [1.165, 1.54) is 19.3 Å². The van der Waals surface area contributed by atoms with Crippen LogP contribution in [0.25, 0.3) is 0 Å². The predicted octanol–water partition coefficient (Wildman–Crippen LogP) is 1.74. The number of nitrogens with one attached hydrogen (secondary N) is 1. The molecule has 0 radical (unpaired) electrons. The Morgan fingerprint density at radius 3 is 2.53 bits per heavy atom. The Hall–Kier alpha value is -0.610. The predicted molar refractivity (Wildman–Crippen MR) is 79.9 cm³/mol. The number of rotatable bonds is 8. The number of carbonyl (C=O) groups excluding carboxylic acids is 1. The zero-order valence-electron chi connectivity index (χ0n) is 12.8. The number of nitrogens with zero attached hydrogens (tertiary/aromatic N) is 1. The summed E-state index contributed by atoms with van der Waals surface area (Å²) in [4.78, 5) is 14.4. The number of carbonyl (C=O) groups is 1. The average Bonchev–Trinajstić information content (AvgIpc) is 2.90. The quantitative estimate of drug-likeness (QED) is 0.705. The van der Waals surface area contributed by atoms with Crippen LogP contribution in [0.4, 0.5) is 0 Å². The van der Waals surface area contributed by atoms with Crippen LogP contribution in [0, 0.1) is 5.92 Å². The van der Waals surface area contributed by atoms with Gasteiger partial charge in [-0.2, -0.15) is 0 Å². The summed E-state index contributed by atoms with van der Waals surface area (Å²) in [5.74, 6) is 0.735. The van der Waals surface area contributed by atoms with E-state index in [1.807, 2.05) is 0 Å². The highest BCUT2D eigenvalue weighted by Gasteiger charge is 2.31. The minimum Gasteiger partial charge on any atom is -0.352 e. The van der Waals surface area contributed by atoms with Gasteiger partial charge in [0.25, 0.3) is 0 Å². The van der Waals surface area contributed by atoms with E-state index < -0.39 is 0 Å². The summed E-state index contributed by atoms with van der Waals surface area (Å²) in [5.41, 5.74) is 5.84. The minimum absolute atomic E-state index is 0.165. The Morgan fingerprint density at radius 1 is 1.32 bits per heavy atom. The summed E-state index contributed by atoms with van der Waals surface area (Å²) in [5, 5.41) is 3.13. The highest BCUT2D eigenvalue weighted by molar-refractivity contribution is 5.78. The smallest absolute Gasteiger partial charge is 0.234 e. The van der Waals surface area contributed by atoms with Gasteiger partial charge in [0.05, 0.1) is 6.54 Å². The lowest BCUT2D eigenvalue weighted by molar-refractivity contribution is -0.123. The Bertz CT molecular complexity index is 266. The molecule has 0 aromatic heterocycles. The first-order valence-corrected chi connectivity index (χ1v) is 7.89. The second-order valence-electron chi connectivity index (χ2n) is 5.64. The summed E-state index contributed by atoms with van der Waals surface area (Å²) in [6.07, 6.45) is 5.66. The van der Waals surface area contributed by atoms with Crippen LogP contribution >= 0.6 is 0 Å². The molecule has 0 saturated heterocycles. The van der Waals surface area contributed by atoms with Crippen molar-refractivity contribution in [2.24, 2.45) is 11.7 Å². The molecular weight excluding hydrogens is 238 g/mol. The number of amides is 1. The maximum atomic E-state index is 12.1. The van der Waals surface area contributed by atoms with Crippen molar-refractivity contribution in [3.63, 3.8) is 0 Å². The molecule has 1 amide bonds. The normalized spacial score (nSPS) is 23.3. The largest absolute Gasteiger partial charge is 0.352 e. The van der Waals surface area contributed by atoms with Gasteiger partial charge in [0.1, 0.15) is 0 Å². The van der Waals surface area contributed by atoms with Gasteiger partial charge in [-0.15, -0.1) is 0 Å². The van der Waals surface area contributed by atoms with Crippen LogP contribution < -0.4 is 11.1 Å². The van der Waals surface area contributed by atoms with Crippen molar-refractivity contribution in [2.75, 3.05) is 19.6 Å². The van der Waals surface area contributed by atoms with Gasteiger partial charge in [-0.05, 0) is 44.7 Å². The van der Waals surface area contributed by atoms with Gasteiger partial charge >= 0.3 is 0 Å². The average molecular weight is 269 g/mol. The van der Waals surface area contributed by atoms with E-state index in [0.717, 1.165) is 25.9 Å². The fraction of sp³-hybridized carbons (Fsp3) is 0.933. The minimum atomic E-state index is 0.165. The summed E-state index contributed by atoms with van der Waals surface area (Å²) in [6.45, 7) is 8.57. The van der Waals surface area contributed by atoms with E-state index in [-0.39, 0.29) is 5.91 Å². The fourth-order valence-corrected chi connectivity index (χ4v) is 3.19. The zero-order chi connectivity index (χ0) is 14.3. The van der Waals surface area contributed by atoms with Crippen LogP contribution in [0.1, 0.15) is 52.9 Å². The standard InChI is InChI=1S/C15H31N3O/c1-4-13(5-2)17-15(19)11-18(6-3)14-9-7-8-12(14)10-16/h12-14H,4-11,16H2,1-3H3,(H,17,19). The van der Waals surface area contributed by atoms with Crippen LogP contribution in [0.5, 0.6) is 0 Å². The van der Waals surface area contributed by atoms with E-state index in [1.54, 1.807) is 0 Å². The van der Waals surface area contributed by atoms with Crippen molar-refractivity contribution >= 4 is 5.91 Å². The lowest BCUT2D eigenvalue weighted by Crippen LogP contribution is -2.47. The Balaban J connectivity index is 2.49. The zero-order valence-corrected chi connectivity index (χ0v) is 12.8. The molecule has 1 saturated carbocycles. The van der Waals surface area contributed by atoms with Gasteiger partial charge in [-0.25, -0.2) is 0 Å². The van der Waals surface area contributed by atoms with Crippen molar-refractivity contribution in [1.82, 2.24) is 10.2 Å². The van der Waals surface area contributed by atoms with Crippen LogP contribution in [0.3, 0.4) is 0 Å². The number of hydrogen-bond acceptors (Lipinski definition) is 3. The molecule has 0 spiro atoms. The monoisotopic (exact) mass is 269 g/mol. The van der Waals surface area contributed by atoms with Crippen molar-refractivity contribution in [1.29, 1.82) is 0 Å². The molecule has 1 aliphatic carbocycles. The number of likely N-dealkylation sites (N-methyl/N-ethyl adjacent to an activating group) is 1. The van der Waals surface area contributed by atoms with Gasteiger partial charge in [0, 0.05) is 12.1 Å². The summed E-state index contributed by atoms with van der Waals surface area (Å²) >= 11 is 0. The molecule has 0 heterocycles. The molecule has 0 bridgehead atoms. The molecule has 0 aromatic carbocycles. The maximum absolute atomic E-state index is 12.1. The molecule has 3 N–H and O–H groups in total. The highest BCUT2D eigenvalue weighted by Crippen LogP contribution is 2.28. The van der Waals surface area contributed by atoms with E-state index in [4.69, 9.17) is 5.73 Å². The van der Waals surface area contributed by atoms with Crippen molar-refractivity contribution in [3.8, 4) is 0 Å². The lowest BCUT2D eigenvalue weighted by Gasteiger charge is -2.31. The third kappa shape index (κ3) is 4.77. The highest BCUT2D eigenvalue weighted by atomic mass is 16.2. The van der Waals surface area contributed by atoms with Crippen molar-refractivity contribution in [2.45, 2.75) is 65.0 Å². The van der Waals surface area contributed by atoms with Crippen molar-refractivity contribution in [3.05, 3.63) is 0 Å². The first-order valence-electron chi connectivity index (χ1n) is 7.89. The van der Waals surface area contributed by atoms with Gasteiger partial charge in [0.15, 0.2) is 0 Å². The molecule has 4 nitrogen and oxygen atoms in total. The second kappa shape index (κ2) is 8.54. The Kier molecular flexibility index (Phi) is 7.39. The number of nitrogens with two attached hydrogens (primary N) is 1. The van der Waals surface area contributed by atoms with E-state index in [9.17, 15) is 4.79 Å². The van der Waals surface area contributed by atoms with Gasteiger partial charge in [-0.1, -0.05) is 27.2 Å². The lowest BCUT2D eigenvalue weighted by atomic mass is 10.0. The molecule has 1 rings (SSSR count). The molecule has 2 unspecified atom stereocenters. The van der Waals surface area contributed by atoms with Gasteiger partial charge < -0.3 is 11.1 Å². The SMILES string of the molecule is CCC(CC)NC(=O)CN(CC)C1CCCC1CN. The van der Waals surface area contributed by atoms with Gasteiger partial charge in [0.2, 0.25) is 5.91 Å². The Labute approximate surface area is 118 Å². The first kappa shape index (κ1) is 16.4. The van der Waals surface area contributed by atoms with Crippen LogP contribution in [0.15, 0.2) is 0 Å². The van der Waals surface area contributed by atoms with Crippen LogP contribution in [-0.2, 0) is 4.79 Å². The third-order valence-corrected chi connectivity index (χ3v) is 4.49. The molecule has 0 aliphatic heterocycles. The first-order chi connectivity index (χ1) is 9.15. The van der Waals surface area contributed by atoms with Crippen LogP contribution in [0.2, 0.25) is 0 Å². The molecule has 1 fully saturated rings. The van der Waals surface area contributed by atoms with Crippen LogP contribution in [-0.4, -0.2) is 42.5 Å². The fourth-order valence-electron chi connectivity index (χ4n) is 3.19. The summed E-state index contributed by atoms with van der Waals surface area (Å²) < 4.78 is 0. The second-order valence-corrected chi connectivity index (χ2v) is 5.64. The summed E-state index contributed by atoms with van der Waals surface area (Å²) in [6, 6.07) is 0.822. The molecule has 19 heavy (non-hydrogen) atoms. The molecule has 1 aliphatic rings. The topological polar surface area (TPSA) is 58.4 Å². The molecule has 2 atom stereocenters. The molecule has 112 valence electrons. The van der Waals surface area contributed by atoms with Gasteiger partial charge in [-0.3, -0.25) is 9.69 Å².